The summed E-state index contributed by atoms with van der Waals surface area (Å²) in [4.78, 5) is 6.49. The third kappa shape index (κ3) is 4.36. The van der Waals surface area contributed by atoms with E-state index >= 15 is 0 Å². The molecule has 3 aromatic rings. The van der Waals surface area contributed by atoms with Crippen molar-refractivity contribution in [3.8, 4) is 0 Å². The van der Waals surface area contributed by atoms with E-state index in [2.05, 4.69) is 25.8 Å². The highest BCUT2D eigenvalue weighted by molar-refractivity contribution is 6.30. The van der Waals surface area contributed by atoms with E-state index in [9.17, 15) is 0 Å². The van der Waals surface area contributed by atoms with Gasteiger partial charge in [0.25, 0.3) is 0 Å². The first kappa shape index (κ1) is 17.0. The molecule has 0 saturated heterocycles. The molecule has 1 aromatic heterocycles. The van der Waals surface area contributed by atoms with Gasteiger partial charge in [0, 0.05) is 36.2 Å². The van der Waals surface area contributed by atoms with Crippen LogP contribution < -0.4 is 15.5 Å². The Balaban J connectivity index is 1.75. The Morgan fingerprint density at radius 2 is 1.76 bits per heavy atom. The van der Waals surface area contributed by atoms with Crippen molar-refractivity contribution in [1.29, 1.82) is 0 Å². The molecule has 0 spiro atoms. The van der Waals surface area contributed by atoms with Crippen LogP contribution >= 0.6 is 11.6 Å². The van der Waals surface area contributed by atoms with E-state index in [1.807, 2.05) is 68.4 Å². The van der Waals surface area contributed by atoms with Crippen LogP contribution in [-0.2, 0) is 0 Å². The second-order valence-electron chi connectivity index (χ2n) is 5.82. The first-order valence-electron chi connectivity index (χ1n) is 7.78. The van der Waals surface area contributed by atoms with Gasteiger partial charge in [0.15, 0.2) is 5.82 Å². The minimum absolute atomic E-state index is 0.425. The Morgan fingerprint density at radius 3 is 2.44 bits per heavy atom. The third-order valence-electron chi connectivity index (χ3n) is 3.65. The predicted octanol–water partition coefficient (Wildman–Crippen LogP) is 4.39. The fraction of sp³-hybridized carbons (Fsp3) is 0.167. The van der Waals surface area contributed by atoms with Crippen LogP contribution in [0.15, 0.2) is 48.7 Å². The van der Waals surface area contributed by atoms with Crippen LogP contribution in [-0.4, -0.2) is 29.3 Å². The number of benzene rings is 2. The Kier molecular flexibility index (Phi) is 5.00. The van der Waals surface area contributed by atoms with E-state index in [1.165, 1.54) is 0 Å². The number of aromatic nitrogens is 3. The number of nitrogens with zero attached hydrogens (tertiary/aromatic N) is 4. The number of hydrogen-bond donors (Lipinski definition) is 2. The Hall–Kier alpha value is -2.86. The standard InChI is InChI=1S/C18H19ClN6/c1-12-10-13(19)4-9-16(12)22-17-11-20-24-18(23-17)21-14-5-7-15(8-6-14)25(2)3/h4-11H,1-3H3,(H2,21,22,23,24). The lowest BCUT2D eigenvalue weighted by atomic mass is 10.2. The summed E-state index contributed by atoms with van der Waals surface area (Å²) in [6.45, 7) is 1.98. The molecule has 0 bridgehead atoms. The van der Waals surface area contributed by atoms with E-state index in [0.717, 1.165) is 22.6 Å². The smallest absolute Gasteiger partial charge is 0.249 e. The van der Waals surface area contributed by atoms with Crippen molar-refractivity contribution in [2.24, 2.45) is 0 Å². The molecule has 0 amide bonds. The summed E-state index contributed by atoms with van der Waals surface area (Å²) in [6.07, 6.45) is 1.58. The summed E-state index contributed by atoms with van der Waals surface area (Å²) in [5, 5.41) is 15.1. The van der Waals surface area contributed by atoms with E-state index in [0.29, 0.717) is 16.8 Å². The second-order valence-corrected chi connectivity index (χ2v) is 6.25. The fourth-order valence-corrected chi connectivity index (χ4v) is 2.52. The summed E-state index contributed by atoms with van der Waals surface area (Å²) in [5.41, 5.74) is 3.97. The SMILES string of the molecule is Cc1cc(Cl)ccc1Nc1cnnc(Nc2ccc(N(C)C)cc2)n1. The maximum absolute atomic E-state index is 5.99. The zero-order valence-corrected chi connectivity index (χ0v) is 15.0. The van der Waals surface area contributed by atoms with Gasteiger partial charge in [0.05, 0.1) is 6.20 Å². The number of hydrogen-bond acceptors (Lipinski definition) is 6. The van der Waals surface area contributed by atoms with Gasteiger partial charge in [-0.3, -0.25) is 0 Å². The van der Waals surface area contributed by atoms with Gasteiger partial charge in [-0.15, -0.1) is 5.10 Å². The first-order chi connectivity index (χ1) is 12.0. The molecule has 0 atom stereocenters. The van der Waals surface area contributed by atoms with Crippen molar-refractivity contribution in [2.45, 2.75) is 6.92 Å². The van der Waals surface area contributed by atoms with Crippen molar-refractivity contribution in [2.75, 3.05) is 29.6 Å². The number of anilines is 5. The fourth-order valence-electron chi connectivity index (χ4n) is 2.29. The second kappa shape index (κ2) is 7.36. The van der Waals surface area contributed by atoms with Crippen LogP contribution in [0.2, 0.25) is 5.02 Å². The molecule has 25 heavy (non-hydrogen) atoms. The summed E-state index contributed by atoms with van der Waals surface area (Å²) >= 11 is 5.99. The molecule has 2 aromatic carbocycles. The highest BCUT2D eigenvalue weighted by atomic mass is 35.5. The quantitative estimate of drug-likeness (QED) is 0.708. The van der Waals surface area contributed by atoms with Gasteiger partial charge in [-0.25, -0.2) is 0 Å². The van der Waals surface area contributed by atoms with Crippen LogP contribution in [0.3, 0.4) is 0 Å². The predicted molar refractivity (Wildman–Crippen MR) is 103 cm³/mol. The van der Waals surface area contributed by atoms with Gasteiger partial charge in [0.2, 0.25) is 5.95 Å². The number of nitrogens with one attached hydrogen (secondary N) is 2. The third-order valence-corrected chi connectivity index (χ3v) is 3.88. The maximum Gasteiger partial charge on any atom is 0.249 e. The van der Waals surface area contributed by atoms with E-state index in [-0.39, 0.29) is 0 Å². The Labute approximate surface area is 151 Å². The summed E-state index contributed by atoms with van der Waals surface area (Å²) in [6, 6.07) is 13.6. The summed E-state index contributed by atoms with van der Waals surface area (Å²) < 4.78 is 0. The highest BCUT2D eigenvalue weighted by Gasteiger charge is 2.05. The molecule has 0 aliphatic carbocycles. The average molecular weight is 355 g/mol. The molecule has 0 unspecified atom stereocenters. The van der Waals surface area contributed by atoms with Gasteiger partial charge in [-0.2, -0.15) is 10.1 Å². The van der Waals surface area contributed by atoms with Crippen molar-refractivity contribution >= 4 is 40.4 Å². The molecule has 0 fully saturated rings. The molecule has 0 aliphatic rings. The largest absolute Gasteiger partial charge is 0.378 e. The molecule has 6 nitrogen and oxygen atoms in total. The van der Waals surface area contributed by atoms with Crippen LogP contribution in [0.25, 0.3) is 0 Å². The van der Waals surface area contributed by atoms with Gasteiger partial charge < -0.3 is 15.5 Å². The normalized spacial score (nSPS) is 10.4. The highest BCUT2D eigenvalue weighted by Crippen LogP contribution is 2.23. The van der Waals surface area contributed by atoms with Crippen LogP contribution in [0.5, 0.6) is 0 Å². The van der Waals surface area contributed by atoms with Crippen molar-refractivity contribution < 1.29 is 0 Å². The van der Waals surface area contributed by atoms with Crippen LogP contribution in [0.4, 0.5) is 28.8 Å². The molecule has 0 radical (unpaired) electrons. The molecular weight excluding hydrogens is 336 g/mol. The Morgan fingerprint density at radius 1 is 1.00 bits per heavy atom. The molecule has 7 heteroatoms. The minimum atomic E-state index is 0.425. The average Bonchev–Trinajstić information content (AvgIpc) is 2.58. The molecule has 0 aliphatic heterocycles. The van der Waals surface area contributed by atoms with Gasteiger partial charge in [0.1, 0.15) is 0 Å². The van der Waals surface area contributed by atoms with E-state index in [4.69, 9.17) is 11.6 Å². The summed E-state index contributed by atoms with van der Waals surface area (Å²) in [7, 11) is 4.01. The van der Waals surface area contributed by atoms with Crippen molar-refractivity contribution in [3.05, 3.63) is 59.2 Å². The zero-order valence-electron chi connectivity index (χ0n) is 14.3. The lowest BCUT2D eigenvalue weighted by molar-refractivity contribution is 0.982. The maximum atomic E-state index is 5.99. The van der Waals surface area contributed by atoms with Gasteiger partial charge >= 0.3 is 0 Å². The van der Waals surface area contributed by atoms with E-state index < -0.39 is 0 Å². The number of aryl methyl sites for hydroxylation is 1. The van der Waals surface area contributed by atoms with E-state index in [1.54, 1.807) is 6.20 Å². The number of halogens is 1. The lowest BCUT2D eigenvalue weighted by Crippen LogP contribution is -2.08. The molecule has 0 saturated carbocycles. The topological polar surface area (TPSA) is 66.0 Å². The van der Waals surface area contributed by atoms with Crippen LogP contribution in [0, 0.1) is 6.92 Å². The molecule has 1 heterocycles. The lowest BCUT2D eigenvalue weighted by Gasteiger charge is -2.13. The first-order valence-corrected chi connectivity index (χ1v) is 8.16. The van der Waals surface area contributed by atoms with Crippen molar-refractivity contribution in [1.82, 2.24) is 15.2 Å². The van der Waals surface area contributed by atoms with Gasteiger partial charge in [-0.1, -0.05) is 11.6 Å². The van der Waals surface area contributed by atoms with Crippen LogP contribution in [0.1, 0.15) is 5.56 Å². The monoisotopic (exact) mass is 354 g/mol. The zero-order chi connectivity index (χ0) is 17.8. The molecule has 128 valence electrons. The molecule has 2 N–H and O–H groups in total. The van der Waals surface area contributed by atoms with Gasteiger partial charge in [-0.05, 0) is 55.0 Å². The number of rotatable bonds is 5. The summed E-state index contributed by atoms with van der Waals surface area (Å²) in [5.74, 6) is 1.03. The van der Waals surface area contributed by atoms with Crippen molar-refractivity contribution in [3.63, 3.8) is 0 Å². The Bertz CT molecular complexity index is 864. The molecule has 3 rings (SSSR count). The minimum Gasteiger partial charge on any atom is -0.378 e. The molecular formula is C18H19ClN6.